The summed E-state index contributed by atoms with van der Waals surface area (Å²) in [6, 6.07) is 53.1. The summed E-state index contributed by atoms with van der Waals surface area (Å²) in [6.45, 7) is 4.70. The molecule has 0 heterocycles. The number of fused-ring (bicyclic) bond motifs is 3. The van der Waals surface area contributed by atoms with E-state index in [0.29, 0.717) is 0 Å². The second-order valence-electron chi connectivity index (χ2n) is 11.9. The van der Waals surface area contributed by atoms with Crippen molar-refractivity contribution in [3.63, 3.8) is 0 Å². The number of rotatable bonds is 6. The number of hydrogen-bond acceptors (Lipinski definition) is 1. The standard InChI is InChI=1S/C41H35N/c1-41(2)38-17-11-10-16-35(38)36-24-20-30(27-39(36)41)26-29-18-21-31(22-19-29)33-23-25-40(42(3)34-14-8-5-9-15-34)37(28-33)32-12-6-4-7-13-32/h4-25,27-28H,26H2,1-3H3. The highest BCUT2D eigenvalue weighted by molar-refractivity contribution is 5.86. The van der Waals surface area contributed by atoms with E-state index in [9.17, 15) is 0 Å². The van der Waals surface area contributed by atoms with Gasteiger partial charge in [0, 0.05) is 29.4 Å². The molecule has 1 nitrogen and oxygen atoms in total. The largest absolute Gasteiger partial charge is 0.344 e. The first kappa shape index (κ1) is 26.0. The van der Waals surface area contributed by atoms with Gasteiger partial charge in [-0.25, -0.2) is 0 Å². The zero-order chi connectivity index (χ0) is 28.7. The minimum absolute atomic E-state index is 0.0308. The molecular weight excluding hydrogens is 506 g/mol. The highest BCUT2D eigenvalue weighted by Gasteiger charge is 2.35. The van der Waals surface area contributed by atoms with Crippen molar-refractivity contribution in [2.75, 3.05) is 11.9 Å². The molecular formula is C41H35N. The summed E-state index contributed by atoms with van der Waals surface area (Å²) in [6.07, 6.45) is 0.927. The molecule has 0 saturated carbocycles. The Morgan fingerprint density at radius 1 is 0.476 bits per heavy atom. The van der Waals surface area contributed by atoms with E-state index >= 15 is 0 Å². The lowest BCUT2D eigenvalue weighted by atomic mass is 9.81. The first-order valence-corrected chi connectivity index (χ1v) is 14.8. The van der Waals surface area contributed by atoms with E-state index in [0.717, 1.165) is 6.42 Å². The molecule has 1 aliphatic carbocycles. The topological polar surface area (TPSA) is 3.24 Å². The van der Waals surface area contributed by atoms with Crippen molar-refractivity contribution in [1.29, 1.82) is 0 Å². The predicted molar refractivity (Wildman–Crippen MR) is 179 cm³/mol. The first-order valence-electron chi connectivity index (χ1n) is 14.8. The third-order valence-electron chi connectivity index (χ3n) is 8.93. The molecule has 1 aliphatic rings. The molecule has 0 bridgehead atoms. The van der Waals surface area contributed by atoms with Crippen LogP contribution in [-0.2, 0) is 11.8 Å². The number of anilines is 2. The van der Waals surface area contributed by atoms with Crippen LogP contribution in [-0.4, -0.2) is 7.05 Å². The van der Waals surface area contributed by atoms with Crippen LogP contribution in [0.3, 0.4) is 0 Å². The van der Waals surface area contributed by atoms with Gasteiger partial charge in [0.1, 0.15) is 0 Å². The van der Waals surface area contributed by atoms with Gasteiger partial charge in [-0.15, -0.1) is 0 Å². The molecule has 1 heteroatoms. The molecule has 204 valence electrons. The minimum atomic E-state index is 0.0308. The Bertz CT molecular complexity index is 1870. The van der Waals surface area contributed by atoms with Crippen molar-refractivity contribution in [2.45, 2.75) is 25.7 Å². The van der Waals surface area contributed by atoms with Crippen LogP contribution in [0.25, 0.3) is 33.4 Å². The summed E-state index contributed by atoms with van der Waals surface area (Å²) in [5, 5.41) is 0. The molecule has 0 atom stereocenters. The van der Waals surface area contributed by atoms with Crippen molar-refractivity contribution < 1.29 is 0 Å². The number of hydrogen-bond donors (Lipinski definition) is 0. The van der Waals surface area contributed by atoms with Crippen LogP contribution in [0.15, 0.2) is 146 Å². The van der Waals surface area contributed by atoms with Crippen LogP contribution < -0.4 is 4.90 Å². The van der Waals surface area contributed by atoms with Crippen molar-refractivity contribution in [3.05, 3.63) is 168 Å². The second-order valence-corrected chi connectivity index (χ2v) is 11.9. The van der Waals surface area contributed by atoms with Crippen LogP contribution in [0.5, 0.6) is 0 Å². The van der Waals surface area contributed by atoms with Gasteiger partial charge in [0.15, 0.2) is 0 Å². The average molecular weight is 542 g/mol. The fraction of sp³-hybridized carbons (Fsp3) is 0.122. The molecule has 6 aromatic rings. The van der Waals surface area contributed by atoms with E-state index in [1.165, 1.54) is 67.0 Å². The summed E-state index contributed by atoms with van der Waals surface area (Å²) in [5.41, 5.74) is 15.6. The lowest BCUT2D eigenvalue weighted by molar-refractivity contribution is 0.659. The Hall–Kier alpha value is -4.88. The Kier molecular flexibility index (Phi) is 6.52. The molecule has 0 fully saturated rings. The maximum atomic E-state index is 2.43. The van der Waals surface area contributed by atoms with E-state index in [4.69, 9.17) is 0 Å². The lowest BCUT2D eigenvalue weighted by Crippen LogP contribution is -2.15. The maximum absolute atomic E-state index is 2.43. The SMILES string of the molecule is CN(c1ccccc1)c1ccc(-c2ccc(Cc3ccc4c(c3)C(C)(C)c3ccccc3-4)cc2)cc1-c1ccccc1. The second kappa shape index (κ2) is 10.5. The summed E-state index contributed by atoms with van der Waals surface area (Å²) in [5.74, 6) is 0. The molecule has 42 heavy (non-hydrogen) atoms. The van der Waals surface area contributed by atoms with E-state index in [1.54, 1.807) is 0 Å². The van der Waals surface area contributed by atoms with Gasteiger partial charge in [-0.05, 0) is 80.8 Å². The third kappa shape index (κ3) is 4.62. The molecule has 0 saturated heterocycles. The van der Waals surface area contributed by atoms with Crippen LogP contribution in [0.1, 0.15) is 36.1 Å². The Labute approximate surface area is 249 Å². The molecule has 0 unspecified atom stereocenters. The zero-order valence-corrected chi connectivity index (χ0v) is 24.5. The van der Waals surface area contributed by atoms with Crippen molar-refractivity contribution >= 4 is 11.4 Å². The number of nitrogens with zero attached hydrogens (tertiary/aromatic N) is 1. The molecule has 6 aromatic carbocycles. The Morgan fingerprint density at radius 2 is 1.10 bits per heavy atom. The maximum Gasteiger partial charge on any atom is 0.0488 e. The van der Waals surface area contributed by atoms with Gasteiger partial charge < -0.3 is 4.90 Å². The van der Waals surface area contributed by atoms with Gasteiger partial charge in [0.2, 0.25) is 0 Å². The quantitative estimate of drug-likeness (QED) is 0.203. The normalized spacial score (nSPS) is 12.9. The fourth-order valence-corrected chi connectivity index (χ4v) is 6.56. The van der Waals surface area contributed by atoms with E-state index in [2.05, 4.69) is 171 Å². The summed E-state index contributed by atoms with van der Waals surface area (Å²) in [4.78, 5) is 2.27. The van der Waals surface area contributed by atoms with Crippen molar-refractivity contribution in [3.8, 4) is 33.4 Å². The molecule has 0 aliphatic heterocycles. The summed E-state index contributed by atoms with van der Waals surface area (Å²) >= 11 is 0. The van der Waals surface area contributed by atoms with Gasteiger partial charge >= 0.3 is 0 Å². The van der Waals surface area contributed by atoms with Gasteiger partial charge in [0.05, 0.1) is 0 Å². The molecule has 7 rings (SSSR count). The predicted octanol–water partition coefficient (Wildman–Crippen LogP) is 10.7. The highest BCUT2D eigenvalue weighted by Crippen LogP contribution is 2.48. The van der Waals surface area contributed by atoms with E-state index < -0.39 is 0 Å². The van der Waals surface area contributed by atoms with Gasteiger partial charge in [0.25, 0.3) is 0 Å². The Morgan fingerprint density at radius 3 is 1.86 bits per heavy atom. The monoisotopic (exact) mass is 541 g/mol. The molecule has 0 amide bonds. The van der Waals surface area contributed by atoms with Crippen molar-refractivity contribution in [2.24, 2.45) is 0 Å². The van der Waals surface area contributed by atoms with Crippen molar-refractivity contribution in [1.82, 2.24) is 0 Å². The van der Waals surface area contributed by atoms with Crippen LogP contribution in [0, 0.1) is 0 Å². The fourth-order valence-electron chi connectivity index (χ4n) is 6.56. The van der Waals surface area contributed by atoms with E-state index in [-0.39, 0.29) is 5.41 Å². The number of benzene rings is 6. The van der Waals surface area contributed by atoms with Crippen LogP contribution >= 0.6 is 0 Å². The van der Waals surface area contributed by atoms with E-state index in [1.807, 2.05) is 0 Å². The number of para-hydroxylation sites is 1. The smallest absolute Gasteiger partial charge is 0.0488 e. The molecule has 0 N–H and O–H groups in total. The van der Waals surface area contributed by atoms with Crippen LogP contribution in [0.4, 0.5) is 11.4 Å². The molecule has 0 spiro atoms. The molecule has 0 aromatic heterocycles. The summed E-state index contributed by atoms with van der Waals surface area (Å²) in [7, 11) is 2.14. The first-order chi connectivity index (χ1) is 20.5. The third-order valence-corrected chi connectivity index (χ3v) is 8.93. The van der Waals surface area contributed by atoms with Crippen LogP contribution in [0.2, 0.25) is 0 Å². The van der Waals surface area contributed by atoms with Gasteiger partial charge in [-0.1, -0.05) is 135 Å². The average Bonchev–Trinajstić information content (AvgIpc) is 3.27. The Balaban J connectivity index is 1.18. The minimum Gasteiger partial charge on any atom is -0.344 e. The lowest BCUT2D eigenvalue weighted by Gasteiger charge is -2.24. The van der Waals surface area contributed by atoms with Gasteiger partial charge in [-0.3, -0.25) is 0 Å². The van der Waals surface area contributed by atoms with Gasteiger partial charge in [-0.2, -0.15) is 0 Å². The molecule has 0 radical (unpaired) electrons. The zero-order valence-electron chi connectivity index (χ0n) is 24.5. The summed E-state index contributed by atoms with van der Waals surface area (Å²) < 4.78 is 0. The highest BCUT2D eigenvalue weighted by atomic mass is 15.1.